The smallest absolute Gasteiger partial charge is 0.406 e. The van der Waals surface area contributed by atoms with E-state index in [1.54, 1.807) is 5.38 Å². The van der Waals surface area contributed by atoms with Gasteiger partial charge in [0.1, 0.15) is 11.6 Å². The lowest BCUT2D eigenvalue weighted by Crippen LogP contribution is -2.16. The van der Waals surface area contributed by atoms with Crippen molar-refractivity contribution in [3.63, 3.8) is 0 Å². The van der Waals surface area contributed by atoms with E-state index in [2.05, 4.69) is 25.3 Å². The number of halogens is 4. The van der Waals surface area contributed by atoms with E-state index in [0.29, 0.717) is 15.9 Å². The maximum Gasteiger partial charge on any atom is 0.573 e. The average molecular weight is 496 g/mol. The van der Waals surface area contributed by atoms with Gasteiger partial charge in [-0.25, -0.2) is 14.4 Å². The van der Waals surface area contributed by atoms with Crippen molar-refractivity contribution in [2.24, 2.45) is 0 Å². The Hall–Kier alpha value is -3.58. The summed E-state index contributed by atoms with van der Waals surface area (Å²) < 4.78 is 55.1. The molecule has 0 spiro atoms. The van der Waals surface area contributed by atoms with Crippen molar-refractivity contribution in [2.75, 3.05) is 10.6 Å². The summed E-state index contributed by atoms with van der Waals surface area (Å²) in [5, 5.41) is 7.00. The fourth-order valence-corrected chi connectivity index (χ4v) is 4.35. The van der Waals surface area contributed by atoms with Crippen LogP contribution in [0.3, 0.4) is 0 Å². The highest BCUT2D eigenvalue weighted by Gasteiger charge is 2.31. The molecular formula is C20H12F4N4O3S2. The van der Waals surface area contributed by atoms with Gasteiger partial charge in [0.15, 0.2) is 10.3 Å². The number of ether oxygens (including phenoxy) is 1. The number of carbonyl (C=O) groups excluding carboxylic acids is 2. The summed E-state index contributed by atoms with van der Waals surface area (Å²) >= 11 is 2.06. The monoisotopic (exact) mass is 496 g/mol. The summed E-state index contributed by atoms with van der Waals surface area (Å²) in [7, 11) is 0. The van der Waals surface area contributed by atoms with E-state index in [0.717, 1.165) is 28.7 Å². The number of thiazole rings is 2. The van der Waals surface area contributed by atoms with Gasteiger partial charge in [0.05, 0.1) is 27.9 Å². The molecule has 0 atom stereocenters. The molecule has 0 unspecified atom stereocenters. The fraction of sp³-hybridized carbons (Fsp3) is 0.100. The van der Waals surface area contributed by atoms with Gasteiger partial charge in [-0.1, -0.05) is 23.5 Å². The summed E-state index contributed by atoms with van der Waals surface area (Å²) in [6.07, 6.45) is -4.94. The first-order valence-corrected chi connectivity index (χ1v) is 10.8. The molecule has 4 aromatic rings. The molecule has 2 aromatic carbocycles. The molecule has 0 aliphatic rings. The SMILES string of the molecule is O=C(Cc1csc(NC(=O)c2ccccc2F)n1)Nc1nc2ccc(OC(F)(F)F)cc2s1. The minimum atomic E-state index is -4.81. The molecule has 0 saturated carbocycles. The van der Waals surface area contributed by atoms with Crippen molar-refractivity contribution in [3.8, 4) is 5.75 Å². The molecule has 0 aliphatic carbocycles. The standard InChI is InChI=1S/C20H12F4N4O3S2/c21-13-4-2-1-3-12(13)17(30)28-18-25-10(9-32-18)7-16(29)27-19-26-14-6-5-11(8-15(14)33-19)31-20(22,23)24/h1-6,8-9H,7H2,(H,25,28,30)(H,26,27,29). The highest BCUT2D eigenvalue weighted by atomic mass is 32.1. The topological polar surface area (TPSA) is 93.2 Å². The summed E-state index contributed by atoms with van der Waals surface area (Å²) in [4.78, 5) is 32.8. The van der Waals surface area contributed by atoms with E-state index < -0.39 is 24.0 Å². The molecule has 4 rings (SSSR count). The first-order chi connectivity index (χ1) is 15.7. The van der Waals surface area contributed by atoms with E-state index in [4.69, 9.17) is 0 Å². The molecule has 13 heteroatoms. The molecule has 0 bridgehead atoms. The van der Waals surface area contributed by atoms with Crippen LogP contribution >= 0.6 is 22.7 Å². The summed E-state index contributed by atoms with van der Waals surface area (Å²) in [5.74, 6) is -2.18. The number of hydrogen-bond donors (Lipinski definition) is 2. The van der Waals surface area contributed by atoms with Gasteiger partial charge < -0.3 is 10.1 Å². The van der Waals surface area contributed by atoms with Crippen molar-refractivity contribution in [2.45, 2.75) is 12.8 Å². The maximum atomic E-state index is 13.7. The summed E-state index contributed by atoms with van der Waals surface area (Å²) in [6.45, 7) is 0. The predicted molar refractivity (Wildman–Crippen MR) is 115 cm³/mol. The summed E-state index contributed by atoms with van der Waals surface area (Å²) in [6, 6.07) is 9.17. The largest absolute Gasteiger partial charge is 0.573 e. The lowest BCUT2D eigenvalue weighted by Gasteiger charge is -2.07. The van der Waals surface area contributed by atoms with Gasteiger partial charge in [-0.3, -0.25) is 14.9 Å². The van der Waals surface area contributed by atoms with E-state index >= 15 is 0 Å². The van der Waals surface area contributed by atoms with Crippen molar-refractivity contribution < 1.29 is 31.9 Å². The van der Waals surface area contributed by atoms with Crippen LogP contribution in [0, 0.1) is 5.82 Å². The number of carbonyl (C=O) groups is 2. The van der Waals surface area contributed by atoms with Crippen LogP contribution in [-0.4, -0.2) is 28.1 Å². The van der Waals surface area contributed by atoms with E-state index in [-0.39, 0.29) is 28.0 Å². The Morgan fingerprint density at radius 1 is 1.03 bits per heavy atom. The van der Waals surface area contributed by atoms with Crippen LogP contribution in [0.15, 0.2) is 47.8 Å². The Kier molecular flexibility index (Phi) is 6.24. The predicted octanol–water partition coefficient (Wildman–Crippen LogP) is 5.22. The molecule has 0 radical (unpaired) electrons. The third-order valence-corrected chi connectivity index (χ3v) is 5.81. The van der Waals surface area contributed by atoms with Crippen LogP contribution in [-0.2, 0) is 11.2 Å². The normalized spacial score (nSPS) is 11.4. The second kappa shape index (κ2) is 9.11. The molecule has 2 N–H and O–H groups in total. The number of nitrogens with one attached hydrogen (secondary N) is 2. The highest BCUT2D eigenvalue weighted by molar-refractivity contribution is 7.22. The van der Waals surface area contributed by atoms with E-state index in [1.165, 1.54) is 36.4 Å². The highest BCUT2D eigenvalue weighted by Crippen LogP contribution is 2.31. The lowest BCUT2D eigenvalue weighted by atomic mass is 10.2. The molecule has 0 fully saturated rings. The molecular weight excluding hydrogens is 484 g/mol. The van der Waals surface area contributed by atoms with E-state index in [9.17, 15) is 27.2 Å². The Balaban J connectivity index is 1.37. The minimum Gasteiger partial charge on any atom is -0.406 e. The van der Waals surface area contributed by atoms with Crippen molar-refractivity contribution in [3.05, 3.63) is 64.9 Å². The van der Waals surface area contributed by atoms with Crippen molar-refractivity contribution >= 4 is 55.0 Å². The Labute approximate surface area is 191 Å². The van der Waals surface area contributed by atoms with Crippen LogP contribution in [0.25, 0.3) is 10.2 Å². The number of alkyl halides is 3. The maximum absolute atomic E-state index is 13.7. The van der Waals surface area contributed by atoms with Crippen molar-refractivity contribution in [1.82, 2.24) is 9.97 Å². The van der Waals surface area contributed by atoms with Gasteiger partial charge >= 0.3 is 6.36 Å². The van der Waals surface area contributed by atoms with E-state index in [1.807, 2.05) is 0 Å². The van der Waals surface area contributed by atoms with Gasteiger partial charge in [-0.2, -0.15) is 0 Å². The Morgan fingerprint density at radius 2 is 1.82 bits per heavy atom. The third kappa shape index (κ3) is 5.81. The van der Waals surface area contributed by atoms with Crippen LogP contribution in [0.4, 0.5) is 27.8 Å². The van der Waals surface area contributed by atoms with Gasteiger partial charge in [0, 0.05) is 11.4 Å². The third-order valence-electron chi connectivity index (χ3n) is 4.07. The molecule has 0 saturated heterocycles. The Morgan fingerprint density at radius 3 is 2.58 bits per heavy atom. The van der Waals surface area contributed by atoms with Crippen molar-refractivity contribution in [1.29, 1.82) is 0 Å². The lowest BCUT2D eigenvalue weighted by molar-refractivity contribution is -0.274. The molecule has 2 aromatic heterocycles. The number of rotatable bonds is 6. The molecule has 170 valence electrons. The first kappa shape index (κ1) is 22.6. The average Bonchev–Trinajstić information content (AvgIpc) is 3.32. The second-order valence-corrected chi connectivity index (χ2v) is 8.39. The Bertz CT molecular complexity index is 1340. The number of nitrogens with zero attached hydrogens (tertiary/aromatic N) is 2. The number of fused-ring (bicyclic) bond motifs is 1. The van der Waals surface area contributed by atoms with Crippen LogP contribution in [0.2, 0.25) is 0 Å². The van der Waals surface area contributed by atoms with Crippen LogP contribution in [0.5, 0.6) is 5.75 Å². The van der Waals surface area contributed by atoms with Crippen LogP contribution < -0.4 is 15.4 Å². The van der Waals surface area contributed by atoms with Gasteiger partial charge in [-0.05, 0) is 24.3 Å². The van der Waals surface area contributed by atoms with Gasteiger partial charge in [0.25, 0.3) is 5.91 Å². The minimum absolute atomic E-state index is 0.133. The number of benzene rings is 2. The molecule has 7 nitrogen and oxygen atoms in total. The molecule has 0 aliphatic heterocycles. The zero-order valence-electron chi connectivity index (χ0n) is 16.3. The molecule has 2 heterocycles. The second-order valence-electron chi connectivity index (χ2n) is 6.50. The zero-order valence-corrected chi connectivity index (χ0v) is 17.9. The number of aromatic nitrogens is 2. The zero-order chi connectivity index (χ0) is 23.6. The number of anilines is 2. The quantitative estimate of drug-likeness (QED) is 0.357. The number of amides is 2. The first-order valence-electron chi connectivity index (χ1n) is 9.13. The molecule has 33 heavy (non-hydrogen) atoms. The molecule has 2 amide bonds. The van der Waals surface area contributed by atoms with Gasteiger partial charge in [0.2, 0.25) is 5.91 Å². The van der Waals surface area contributed by atoms with Gasteiger partial charge in [-0.15, -0.1) is 24.5 Å². The fourth-order valence-electron chi connectivity index (χ4n) is 2.74. The van der Waals surface area contributed by atoms with Crippen LogP contribution in [0.1, 0.15) is 16.1 Å². The number of hydrogen-bond acceptors (Lipinski definition) is 7. The summed E-state index contributed by atoms with van der Waals surface area (Å²) in [5.41, 5.74) is 0.631.